The van der Waals surface area contributed by atoms with Crippen molar-refractivity contribution in [2.75, 3.05) is 5.32 Å². The molecule has 1 aromatic heterocycles. The van der Waals surface area contributed by atoms with Crippen molar-refractivity contribution in [1.82, 2.24) is 0 Å². The van der Waals surface area contributed by atoms with E-state index in [9.17, 15) is 4.79 Å². The van der Waals surface area contributed by atoms with Gasteiger partial charge in [-0.2, -0.15) is 0 Å². The highest BCUT2D eigenvalue weighted by Crippen LogP contribution is 2.30. The van der Waals surface area contributed by atoms with Gasteiger partial charge in [0.2, 0.25) is 0 Å². The number of anilines is 1. The van der Waals surface area contributed by atoms with Crippen molar-refractivity contribution in [1.29, 1.82) is 0 Å². The summed E-state index contributed by atoms with van der Waals surface area (Å²) in [7, 11) is 0. The first-order valence-corrected chi connectivity index (χ1v) is 7.44. The summed E-state index contributed by atoms with van der Waals surface area (Å²) in [5.74, 6) is -0.896. The average Bonchev–Trinajstić information content (AvgIpc) is 2.78. The number of carbonyl (C=O) groups is 1. The summed E-state index contributed by atoms with van der Waals surface area (Å²) >= 11 is 5.11. The molecule has 0 saturated carbocycles. The Kier molecular flexibility index (Phi) is 4.27. The number of aromatic carboxylic acids is 1. The molecule has 0 saturated heterocycles. The lowest BCUT2D eigenvalue weighted by Crippen LogP contribution is -2.08. The second-order valence-corrected chi connectivity index (χ2v) is 6.79. The highest BCUT2D eigenvalue weighted by Gasteiger charge is 2.13. The predicted molar refractivity (Wildman–Crippen MR) is 82.2 cm³/mol. The van der Waals surface area contributed by atoms with Gasteiger partial charge < -0.3 is 10.4 Å². The van der Waals surface area contributed by atoms with Gasteiger partial charge in [0.15, 0.2) is 0 Å². The Hall–Kier alpha value is -1.33. The lowest BCUT2D eigenvalue weighted by Gasteiger charge is -2.16. The van der Waals surface area contributed by atoms with Crippen LogP contribution < -0.4 is 5.32 Å². The summed E-state index contributed by atoms with van der Waals surface area (Å²) < 4.78 is 1.09. The van der Waals surface area contributed by atoms with Crippen LogP contribution in [0.2, 0.25) is 0 Å². The molecule has 0 spiro atoms. The zero-order chi connectivity index (χ0) is 14.0. The van der Waals surface area contributed by atoms with Gasteiger partial charge in [0.05, 0.1) is 15.4 Å². The maximum Gasteiger partial charge on any atom is 0.336 e. The van der Waals surface area contributed by atoms with Crippen molar-refractivity contribution >= 4 is 38.9 Å². The van der Waals surface area contributed by atoms with E-state index >= 15 is 0 Å². The fraction of sp³-hybridized carbons (Fsp3) is 0.214. The number of hydrogen-bond acceptors (Lipinski definition) is 3. The van der Waals surface area contributed by atoms with Crippen LogP contribution in [0.4, 0.5) is 5.69 Å². The third-order valence-corrected chi connectivity index (χ3v) is 4.76. The number of carboxylic acid groups (broad SMARTS) is 1. The monoisotopic (exact) mass is 339 g/mol. The number of halogens is 1. The molecule has 1 unspecified atom stereocenters. The summed E-state index contributed by atoms with van der Waals surface area (Å²) in [4.78, 5) is 12.3. The molecule has 2 rings (SSSR count). The fourth-order valence-corrected chi connectivity index (χ4v) is 3.32. The maximum atomic E-state index is 11.1. The van der Waals surface area contributed by atoms with Gasteiger partial charge in [0.1, 0.15) is 0 Å². The Bertz CT molecular complexity index is 609. The molecule has 1 atom stereocenters. The number of thiophene rings is 1. The first-order chi connectivity index (χ1) is 8.99. The van der Waals surface area contributed by atoms with Crippen molar-refractivity contribution in [2.45, 2.75) is 19.9 Å². The minimum atomic E-state index is -0.896. The largest absolute Gasteiger partial charge is 0.478 e. The van der Waals surface area contributed by atoms with Crippen LogP contribution in [-0.4, -0.2) is 11.1 Å². The van der Waals surface area contributed by atoms with Crippen molar-refractivity contribution in [3.63, 3.8) is 0 Å². The van der Waals surface area contributed by atoms with Crippen LogP contribution >= 0.6 is 27.3 Å². The third-order valence-electron chi connectivity index (χ3n) is 2.96. The minimum Gasteiger partial charge on any atom is -0.478 e. The lowest BCUT2D eigenvalue weighted by molar-refractivity contribution is 0.0696. The first-order valence-electron chi connectivity index (χ1n) is 5.83. The van der Waals surface area contributed by atoms with Crippen LogP contribution in [0.15, 0.2) is 34.1 Å². The molecular formula is C14H14BrNO2S. The molecule has 1 heterocycles. The molecule has 0 aliphatic heterocycles. The number of benzene rings is 1. The zero-order valence-corrected chi connectivity index (χ0v) is 13.0. The normalized spacial score (nSPS) is 12.2. The van der Waals surface area contributed by atoms with Gasteiger partial charge in [-0.25, -0.2) is 4.79 Å². The molecule has 2 aromatic rings. The van der Waals surface area contributed by atoms with Gasteiger partial charge in [0.25, 0.3) is 0 Å². The number of hydrogen-bond donors (Lipinski definition) is 2. The van der Waals surface area contributed by atoms with E-state index in [1.807, 2.05) is 19.1 Å². The third kappa shape index (κ3) is 3.16. The van der Waals surface area contributed by atoms with Crippen LogP contribution in [0, 0.1) is 6.92 Å². The fourth-order valence-electron chi connectivity index (χ4n) is 1.89. The zero-order valence-electron chi connectivity index (χ0n) is 10.6. The molecule has 0 fully saturated rings. The Labute approximate surface area is 124 Å². The molecule has 2 N–H and O–H groups in total. The van der Waals surface area contributed by atoms with Gasteiger partial charge in [0, 0.05) is 10.6 Å². The van der Waals surface area contributed by atoms with E-state index in [2.05, 4.69) is 34.2 Å². The second kappa shape index (κ2) is 5.75. The standard InChI is InChI=1S/C14H14BrNO2S/c1-8-10(14(17)18)4-3-5-11(8)16-9(2)12-6-7-13(15)19-12/h3-7,9,16H,1-2H3,(H,17,18). The van der Waals surface area contributed by atoms with Crippen molar-refractivity contribution in [3.8, 4) is 0 Å². The van der Waals surface area contributed by atoms with E-state index in [-0.39, 0.29) is 6.04 Å². The molecular weight excluding hydrogens is 326 g/mol. The highest BCUT2D eigenvalue weighted by atomic mass is 79.9. The van der Waals surface area contributed by atoms with Gasteiger partial charge in [-0.1, -0.05) is 6.07 Å². The molecule has 0 aliphatic rings. The summed E-state index contributed by atoms with van der Waals surface area (Å²) in [5.41, 5.74) is 1.96. The minimum absolute atomic E-state index is 0.138. The molecule has 3 nitrogen and oxygen atoms in total. The topological polar surface area (TPSA) is 49.3 Å². The SMILES string of the molecule is Cc1c(NC(C)c2ccc(Br)s2)cccc1C(=O)O. The van der Waals surface area contributed by atoms with Crippen LogP contribution in [-0.2, 0) is 0 Å². The summed E-state index contributed by atoms with van der Waals surface area (Å²) in [6, 6.07) is 9.49. The van der Waals surface area contributed by atoms with E-state index < -0.39 is 5.97 Å². The van der Waals surface area contributed by atoms with Gasteiger partial charge in [-0.3, -0.25) is 0 Å². The Morgan fingerprint density at radius 1 is 1.37 bits per heavy atom. The van der Waals surface area contributed by atoms with Crippen LogP contribution in [0.25, 0.3) is 0 Å². The smallest absolute Gasteiger partial charge is 0.336 e. The Balaban J connectivity index is 2.24. The predicted octanol–water partition coefficient (Wildman–Crippen LogP) is 4.69. The van der Waals surface area contributed by atoms with Gasteiger partial charge in [-0.15, -0.1) is 11.3 Å². The molecule has 5 heteroatoms. The molecule has 100 valence electrons. The van der Waals surface area contributed by atoms with Crippen molar-refractivity contribution in [3.05, 3.63) is 50.1 Å². The molecule has 19 heavy (non-hydrogen) atoms. The number of carboxylic acids is 1. The van der Waals surface area contributed by atoms with Gasteiger partial charge >= 0.3 is 5.97 Å². The number of rotatable bonds is 4. The van der Waals surface area contributed by atoms with E-state index in [1.165, 1.54) is 4.88 Å². The van der Waals surface area contributed by atoms with Gasteiger partial charge in [-0.05, 0) is 59.6 Å². The van der Waals surface area contributed by atoms with Crippen molar-refractivity contribution in [2.24, 2.45) is 0 Å². The van der Waals surface area contributed by atoms with E-state index in [1.54, 1.807) is 23.5 Å². The Morgan fingerprint density at radius 2 is 2.11 bits per heavy atom. The van der Waals surface area contributed by atoms with Crippen LogP contribution in [0.1, 0.15) is 33.8 Å². The van der Waals surface area contributed by atoms with Crippen molar-refractivity contribution < 1.29 is 9.90 Å². The van der Waals surface area contributed by atoms with E-state index in [4.69, 9.17) is 5.11 Å². The molecule has 0 radical (unpaired) electrons. The molecule has 0 aliphatic carbocycles. The van der Waals surface area contributed by atoms with E-state index in [0.29, 0.717) is 5.56 Å². The summed E-state index contributed by atoms with van der Waals surface area (Å²) in [6.07, 6.45) is 0. The van der Waals surface area contributed by atoms with E-state index in [0.717, 1.165) is 15.0 Å². The average molecular weight is 340 g/mol. The Morgan fingerprint density at radius 3 is 2.68 bits per heavy atom. The molecule has 0 bridgehead atoms. The quantitative estimate of drug-likeness (QED) is 0.849. The summed E-state index contributed by atoms with van der Waals surface area (Å²) in [5, 5.41) is 12.5. The molecule has 0 amide bonds. The van der Waals surface area contributed by atoms with Crippen LogP contribution in [0.5, 0.6) is 0 Å². The lowest BCUT2D eigenvalue weighted by atomic mass is 10.1. The molecule has 1 aromatic carbocycles. The van der Waals surface area contributed by atoms with Crippen LogP contribution in [0.3, 0.4) is 0 Å². The highest BCUT2D eigenvalue weighted by molar-refractivity contribution is 9.11. The second-order valence-electron chi connectivity index (χ2n) is 4.29. The number of nitrogens with one attached hydrogen (secondary N) is 1. The summed E-state index contributed by atoms with van der Waals surface area (Å²) in [6.45, 7) is 3.88. The maximum absolute atomic E-state index is 11.1. The first kappa shape index (κ1) is 14.1.